The molecule has 0 bridgehead atoms. The molecule has 1 unspecified atom stereocenters. The maximum Gasteiger partial charge on any atom is 0.268 e. The van der Waals surface area contributed by atoms with E-state index in [9.17, 15) is 13.2 Å². The van der Waals surface area contributed by atoms with E-state index >= 15 is 0 Å². The smallest absolute Gasteiger partial charge is 0.268 e. The molecule has 1 N–H and O–H groups in total. The number of carbonyl (C=O) groups is 1. The molecular formula is C18H17ClN2O4S. The van der Waals surface area contributed by atoms with Crippen molar-refractivity contribution in [3.63, 3.8) is 0 Å². The van der Waals surface area contributed by atoms with Crippen LogP contribution in [0.1, 0.15) is 16.9 Å². The van der Waals surface area contributed by atoms with Crippen molar-refractivity contribution < 1.29 is 17.6 Å². The lowest BCUT2D eigenvalue weighted by molar-refractivity contribution is 0.0933. The number of sulfone groups is 1. The fourth-order valence-corrected chi connectivity index (χ4v) is 5.19. The molecule has 1 atom stereocenters. The van der Waals surface area contributed by atoms with E-state index in [0.717, 1.165) is 11.1 Å². The van der Waals surface area contributed by atoms with Crippen LogP contribution < -0.4 is 5.32 Å². The van der Waals surface area contributed by atoms with Gasteiger partial charge < -0.3 is 14.3 Å². The molecule has 1 saturated heterocycles. The summed E-state index contributed by atoms with van der Waals surface area (Å²) in [6.45, 7) is 0. The third-order valence-corrected chi connectivity index (χ3v) is 6.77. The van der Waals surface area contributed by atoms with Crippen LogP contribution >= 0.6 is 11.6 Å². The zero-order chi connectivity index (χ0) is 18.5. The molecule has 3 aromatic rings. The van der Waals surface area contributed by atoms with Gasteiger partial charge in [-0.05, 0) is 18.6 Å². The standard InChI is InChI=1S/C18H17ClN2O4S/c1-21-14-8-16(12-4-2-3-5-13(12)19)25-17(14)9-15(21)18(22)20-11-6-7-26(23,24)10-11/h2-5,8-9,11H,6-7,10H2,1H3,(H,20,22). The fourth-order valence-electron chi connectivity index (χ4n) is 3.29. The number of nitrogens with zero attached hydrogens (tertiary/aromatic N) is 1. The number of halogens is 1. The molecule has 2 aromatic heterocycles. The summed E-state index contributed by atoms with van der Waals surface area (Å²) < 4.78 is 30.7. The van der Waals surface area contributed by atoms with Crippen LogP contribution in [0.4, 0.5) is 0 Å². The van der Waals surface area contributed by atoms with Crippen LogP contribution in [0.5, 0.6) is 0 Å². The Morgan fingerprint density at radius 1 is 1.31 bits per heavy atom. The highest BCUT2D eigenvalue weighted by molar-refractivity contribution is 7.91. The summed E-state index contributed by atoms with van der Waals surface area (Å²) in [5.41, 5.74) is 2.55. The first-order valence-corrected chi connectivity index (χ1v) is 10.4. The van der Waals surface area contributed by atoms with E-state index in [-0.39, 0.29) is 23.5 Å². The van der Waals surface area contributed by atoms with Crippen molar-refractivity contribution in [2.45, 2.75) is 12.5 Å². The molecule has 0 spiro atoms. The van der Waals surface area contributed by atoms with E-state index in [1.54, 1.807) is 23.7 Å². The molecule has 3 heterocycles. The minimum absolute atomic E-state index is 0.00403. The second-order valence-corrected chi connectivity index (χ2v) is 9.14. The maximum atomic E-state index is 12.5. The van der Waals surface area contributed by atoms with Crippen LogP contribution in [0.15, 0.2) is 40.8 Å². The molecule has 1 fully saturated rings. The molecule has 0 aliphatic carbocycles. The van der Waals surface area contributed by atoms with Gasteiger partial charge in [0, 0.05) is 30.8 Å². The molecule has 6 nitrogen and oxygen atoms in total. The first-order chi connectivity index (χ1) is 12.3. The Balaban J connectivity index is 1.62. The average molecular weight is 393 g/mol. The minimum atomic E-state index is -3.04. The number of amides is 1. The molecule has 8 heteroatoms. The predicted molar refractivity (Wildman–Crippen MR) is 100 cm³/mol. The van der Waals surface area contributed by atoms with Crippen molar-refractivity contribution in [3.05, 3.63) is 47.1 Å². The zero-order valence-electron chi connectivity index (χ0n) is 14.0. The van der Waals surface area contributed by atoms with Gasteiger partial charge in [-0.1, -0.05) is 23.7 Å². The van der Waals surface area contributed by atoms with Gasteiger partial charge in [0.1, 0.15) is 11.5 Å². The van der Waals surface area contributed by atoms with Crippen molar-refractivity contribution in [3.8, 4) is 11.3 Å². The van der Waals surface area contributed by atoms with E-state index in [1.807, 2.05) is 24.3 Å². The number of carbonyl (C=O) groups excluding carboxylic acids is 1. The van der Waals surface area contributed by atoms with E-state index in [1.165, 1.54) is 0 Å². The Labute approximate surface area is 155 Å². The number of hydrogen-bond donors (Lipinski definition) is 1. The Hall–Kier alpha value is -2.25. The Bertz CT molecular complexity index is 1110. The molecule has 4 rings (SSSR count). The summed E-state index contributed by atoms with van der Waals surface area (Å²) in [5, 5.41) is 3.39. The molecular weight excluding hydrogens is 376 g/mol. The Morgan fingerprint density at radius 3 is 2.73 bits per heavy atom. The van der Waals surface area contributed by atoms with E-state index in [4.69, 9.17) is 16.0 Å². The maximum absolute atomic E-state index is 12.5. The zero-order valence-corrected chi connectivity index (χ0v) is 15.6. The molecule has 1 amide bonds. The van der Waals surface area contributed by atoms with Gasteiger partial charge in [-0.2, -0.15) is 0 Å². The van der Waals surface area contributed by atoms with Crippen LogP contribution in [0.25, 0.3) is 22.4 Å². The first-order valence-electron chi connectivity index (χ1n) is 8.19. The van der Waals surface area contributed by atoms with Crippen LogP contribution in [-0.2, 0) is 16.9 Å². The molecule has 1 aliphatic heterocycles. The SMILES string of the molecule is Cn1c(C(=O)NC2CCS(=O)(=O)C2)cc2oc(-c3ccccc3Cl)cc21. The Morgan fingerprint density at radius 2 is 2.08 bits per heavy atom. The summed E-state index contributed by atoms with van der Waals surface area (Å²) in [6, 6.07) is 10.5. The summed E-state index contributed by atoms with van der Waals surface area (Å²) in [7, 11) is -1.27. The summed E-state index contributed by atoms with van der Waals surface area (Å²) in [6.07, 6.45) is 0.450. The van der Waals surface area contributed by atoms with Crippen molar-refractivity contribution in [1.29, 1.82) is 0 Å². The fraction of sp³-hybridized carbons (Fsp3) is 0.278. The lowest BCUT2D eigenvalue weighted by Gasteiger charge is -2.11. The third kappa shape index (κ3) is 3.01. The van der Waals surface area contributed by atoms with Gasteiger partial charge in [0.05, 0.1) is 22.0 Å². The quantitative estimate of drug-likeness (QED) is 0.742. The highest BCUT2D eigenvalue weighted by Crippen LogP contribution is 2.33. The normalized spacial score (nSPS) is 19.1. The number of hydrogen-bond acceptors (Lipinski definition) is 4. The highest BCUT2D eigenvalue weighted by atomic mass is 35.5. The predicted octanol–water partition coefficient (Wildman–Crippen LogP) is 3.01. The van der Waals surface area contributed by atoms with Crippen LogP contribution in [0.2, 0.25) is 5.02 Å². The number of fused-ring (bicyclic) bond motifs is 1. The van der Waals surface area contributed by atoms with E-state index in [2.05, 4.69) is 5.32 Å². The van der Waals surface area contributed by atoms with Crippen molar-refractivity contribution in [1.82, 2.24) is 9.88 Å². The molecule has 0 saturated carbocycles. The topological polar surface area (TPSA) is 81.3 Å². The second kappa shape index (κ2) is 6.17. The van der Waals surface area contributed by atoms with Gasteiger partial charge in [-0.15, -0.1) is 0 Å². The van der Waals surface area contributed by atoms with Gasteiger partial charge in [-0.3, -0.25) is 4.79 Å². The van der Waals surface area contributed by atoms with Crippen LogP contribution in [-0.4, -0.2) is 36.4 Å². The van der Waals surface area contributed by atoms with Gasteiger partial charge in [0.15, 0.2) is 15.4 Å². The summed E-state index contributed by atoms with van der Waals surface area (Å²) in [5.74, 6) is 0.440. The molecule has 1 aliphatic rings. The van der Waals surface area contributed by atoms with Gasteiger partial charge in [0.25, 0.3) is 5.91 Å². The third-order valence-electron chi connectivity index (χ3n) is 4.67. The largest absolute Gasteiger partial charge is 0.454 e. The van der Waals surface area contributed by atoms with Crippen molar-refractivity contribution >= 4 is 38.4 Å². The van der Waals surface area contributed by atoms with Crippen LogP contribution in [0.3, 0.4) is 0 Å². The average Bonchev–Trinajstić information content (AvgIpc) is 3.22. The van der Waals surface area contributed by atoms with E-state index in [0.29, 0.717) is 28.5 Å². The molecule has 26 heavy (non-hydrogen) atoms. The highest BCUT2D eigenvalue weighted by Gasteiger charge is 2.30. The number of aromatic nitrogens is 1. The number of furan rings is 1. The second-order valence-electron chi connectivity index (χ2n) is 6.50. The molecule has 136 valence electrons. The van der Waals surface area contributed by atoms with Gasteiger partial charge in [0.2, 0.25) is 0 Å². The first kappa shape index (κ1) is 17.2. The van der Waals surface area contributed by atoms with Crippen molar-refractivity contribution in [2.24, 2.45) is 7.05 Å². The lowest BCUT2D eigenvalue weighted by atomic mass is 10.2. The summed E-state index contributed by atoms with van der Waals surface area (Å²) >= 11 is 6.21. The number of benzene rings is 1. The van der Waals surface area contributed by atoms with Gasteiger partial charge in [-0.25, -0.2) is 8.42 Å². The summed E-state index contributed by atoms with van der Waals surface area (Å²) in [4.78, 5) is 12.5. The Kier molecular flexibility index (Phi) is 4.08. The molecule has 0 radical (unpaired) electrons. The number of aryl methyl sites for hydroxylation is 1. The van der Waals surface area contributed by atoms with E-state index < -0.39 is 9.84 Å². The number of rotatable bonds is 3. The monoisotopic (exact) mass is 392 g/mol. The van der Waals surface area contributed by atoms with Crippen molar-refractivity contribution in [2.75, 3.05) is 11.5 Å². The van der Waals surface area contributed by atoms with Crippen LogP contribution in [0, 0.1) is 0 Å². The van der Waals surface area contributed by atoms with Gasteiger partial charge >= 0.3 is 0 Å². The molecule has 1 aromatic carbocycles. The minimum Gasteiger partial charge on any atom is -0.454 e. The number of nitrogens with one attached hydrogen (secondary N) is 1. The lowest BCUT2D eigenvalue weighted by Crippen LogP contribution is -2.36.